The molecule has 0 heterocycles. The molecule has 0 aromatic carbocycles. The van der Waals surface area contributed by atoms with Gasteiger partial charge in [0.05, 0.1) is 39.6 Å². The molecule has 16 heavy (non-hydrogen) atoms. The molecule has 7 heteroatoms. The topological polar surface area (TPSA) is 55.4 Å². The Hall–Kier alpha value is -0.0231. The molecule has 1 radical (unpaired) electrons. The molecular formula is C9H21O6Si. The zero-order valence-electron chi connectivity index (χ0n) is 10.2. The molecule has 6 nitrogen and oxygen atoms in total. The second kappa shape index (κ2) is 13.0. The molecule has 97 valence electrons. The third-order valence-corrected chi connectivity index (χ3v) is 2.84. The van der Waals surface area contributed by atoms with E-state index in [9.17, 15) is 0 Å². The Bertz CT molecular complexity index is 113. The molecule has 0 rings (SSSR count). The minimum absolute atomic E-state index is 0.463. The molecule has 0 amide bonds. The first-order valence-electron chi connectivity index (χ1n) is 5.07. The first-order valence-corrected chi connectivity index (χ1v) is 6.29. The van der Waals surface area contributed by atoms with Gasteiger partial charge in [-0.2, -0.15) is 0 Å². The van der Waals surface area contributed by atoms with Crippen LogP contribution in [0.2, 0.25) is 0 Å². The van der Waals surface area contributed by atoms with E-state index < -0.39 is 9.53 Å². The third-order valence-electron chi connectivity index (χ3n) is 1.52. The lowest BCUT2D eigenvalue weighted by atomic mass is 10.8. The number of rotatable bonds is 12. The normalized spacial score (nSPS) is 11.2. The monoisotopic (exact) mass is 253 g/mol. The quantitative estimate of drug-likeness (QED) is 0.359. The second-order valence-electron chi connectivity index (χ2n) is 2.77. The molecule has 0 spiro atoms. The van der Waals surface area contributed by atoms with Crippen LogP contribution in [0.1, 0.15) is 0 Å². The van der Waals surface area contributed by atoms with E-state index >= 15 is 0 Å². The van der Waals surface area contributed by atoms with Gasteiger partial charge in [-0.1, -0.05) is 0 Å². The highest BCUT2D eigenvalue weighted by Gasteiger charge is 2.18. The fourth-order valence-corrected chi connectivity index (χ4v) is 1.75. The van der Waals surface area contributed by atoms with E-state index in [0.29, 0.717) is 39.6 Å². The molecule has 0 aromatic rings. The van der Waals surface area contributed by atoms with Crippen molar-refractivity contribution in [2.24, 2.45) is 0 Å². The van der Waals surface area contributed by atoms with Crippen molar-refractivity contribution in [3.63, 3.8) is 0 Å². The molecule has 0 fully saturated rings. The van der Waals surface area contributed by atoms with Crippen LogP contribution in [0.25, 0.3) is 0 Å². The summed E-state index contributed by atoms with van der Waals surface area (Å²) in [5.41, 5.74) is 0. The molecule has 0 saturated carbocycles. The highest BCUT2D eigenvalue weighted by atomic mass is 28.3. The molecule has 0 aliphatic rings. The summed E-state index contributed by atoms with van der Waals surface area (Å²) < 4.78 is 30.8. The fourth-order valence-electron chi connectivity index (χ4n) is 0.750. The molecule has 0 bridgehead atoms. The zero-order valence-corrected chi connectivity index (χ0v) is 11.2. The molecule has 0 unspecified atom stereocenters. The number of hydrogen-bond acceptors (Lipinski definition) is 6. The molecule has 0 N–H and O–H groups in total. The summed E-state index contributed by atoms with van der Waals surface area (Å²) in [7, 11) is 3.15. The molecular weight excluding hydrogens is 232 g/mol. The summed E-state index contributed by atoms with van der Waals surface area (Å²) in [4.78, 5) is 0. The molecule has 0 saturated heterocycles. The number of ether oxygens (including phenoxy) is 3. The number of methoxy groups -OCH3 is 3. The Balaban J connectivity index is 3.58. The summed E-state index contributed by atoms with van der Waals surface area (Å²) in [6.45, 7) is 2.96. The maximum atomic E-state index is 5.40. The van der Waals surface area contributed by atoms with Gasteiger partial charge >= 0.3 is 9.53 Å². The lowest BCUT2D eigenvalue weighted by molar-refractivity contribution is 0.0381. The SMILES string of the molecule is COCCO[Si](OCCOC)OCCOC. The average Bonchev–Trinajstić information content (AvgIpc) is 2.29. The van der Waals surface area contributed by atoms with Crippen molar-refractivity contribution in [2.75, 3.05) is 61.0 Å². The van der Waals surface area contributed by atoms with Gasteiger partial charge < -0.3 is 27.5 Å². The Morgan fingerprint density at radius 2 is 0.875 bits per heavy atom. The lowest BCUT2D eigenvalue weighted by Crippen LogP contribution is -2.31. The molecule has 0 aliphatic carbocycles. The highest BCUT2D eigenvalue weighted by Crippen LogP contribution is 1.93. The predicted molar refractivity (Wildman–Crippen MR) is 59.2 cm³/mol. The van der Waals surface area contributed by atoms with Crippen molar-refractivity contribution >= 4 is 9.53 Å². The van der Waals surface area contributed by atoms with E-state index in [-0.39, 0.29) is 0 Å². The zero-order chi connectivity index (χ0) is 12.1. The van der Waals surface area contributed by atoms with Crippen LogP contribution >= 0.6 is 0 Å². The highest BCUT2D eigenvalue weighted by molar-refractivity contribution is 6.36. The lowest BCUT2D eigenvalue weighted by Gasteiger charge is -2.14. The van der Waals surface area contributed by atoms with E-state index in [1.165, 1.54) is 0 Å². The van der Waals surface area contributed by atoms with Crippen LogP contribution in [0.4, 0.5) is 0 Å². The van der Waals surface area contributed by atoms with Gasteiger partial charge in [0.2, 0.25) is 0 Å². The summed E-state index contributed by atoms with van der Waals surface area (Å²) >= 11 is 0. The van der Waals surface area contributed by atoms with E-state index in [2.05, 4.69) is 0 Å². The van der Waals surface area contributed by atoms with E-state index in [0.717, 1.165) is 0 Å². The van der Waals surface area contributed by atoms with Gasteiger partial charge in [-0.3, -0.25) is 0 Å². The van der Waals surface area contributed by atoms with Crippen LogP contribution in [0, 0.1) is 0 Å². The smallest absolute Gasteiger partial charge is 0.382 e. The summed E-state index contributed by atoms with van der Waals surface area (Å²) in [6, 6.07) is 0. The van der Waals surface area contributed by atoms with Crippen molar-refractivity contribution in [1.82, 2.24) is 0 Å². The van der Waals surface area contributed by atoms with Gasteiger partial charge in [-0.05, 0) is 0 Å². The van der Waals surface area contributed by atoms with Crippen LogP contribution in [0.5, 0.6) is 0 Å². The summed E-state index contributed by atoms with van der Waals surface area (Å²) in [6.07, 6.45) is 0. The first-order chi connectivity index (χ1) is 7.85. The van der Waals surface area contributed by atoms with Crippen LogP contribution in [0.15, 0.2) is 0 Å². The standard InChI is InChI=1S/C9H21O6Si/c1-10-4-7-13-16(14-8-5-11-2)15-9-6-12-3/h4-9H2,1-3H3. The summed E-state index contributed by atoms with van der Waals surface area (Å²) in [5.74, 6) is 0. The van der Waals surface area contributed by atoms with Gasteiger partial charge in [0.15, 0.2) is 0 Å². The van der Waals surface area contributed by atoms with E-state index in [1.54, 1.807) is 21.3 Å². The summed E-state index contributed by atoms with van der Waals surface area (Å²) in [5, 5.41) is 0. The molecule has 0 aliphatic heterocycles. The molecule has 0 aromatic heterocycles. The Morgan fingerprint density at radius 1 is 0.562 bits per heavy atom. The van der Waals surface area contributed by atoms with Crippen molar-refractivity contribution in [1.29, 1.82) is 0 Å². The van der Waals surface area contributed by atoms with E-state index in [4.69, 9.17) is 27.5 Å². The van der Waals surface area contributed by atoms with Gasteiger partial charge in [-0.15, -0.1) is 0 Å². The van der Waals surface area contributed by atoms with Gasteiger partial charge in [-0.25, -0.2) is 0 Å². The Morgan fingerprint density at radius 3 is 1.12 bits per heavy atom. The van der Waals surface area contributed by atoms with Crippen LogP contribution in [-0.2, 0) is 27.5 Å². The van der Waals surface area contributed by atoms with Crippen molar-refractivity contribution in [3.8, 4) is 0 Å². The Labute approximate surface area is 98.7 Å². The second-order valence-corrected chi connectivity index (χ2v) is 4.14. The minimum atomic E-state index is -1.70. The maximum Gasteiger partial charge on any atom is 0.578 e. The molecule has 0 atom stereocenters. The van der Waals surface area contributed by atoms with Crippen LogP contribution in [0.3, 0.4) is 0 Å². The van der Waals surface area contributed by atoms with Crippen molar-refractivity contribution in [2.45, 2.75) is 0 Å². The average molecular weight is 253 g/mol. The fraction of sp³-hybridized carbons (Fsp3) is 1.00. The van der Waals surface area contributed by atoms with Gasteiger partial charge in [0.1, 0.15) is 0 Å². The van der Waals surface area contributed by atoms with Gasteiger partial charge in [0.25, 0.3) is 0 Å². The third kappa shape index (κ3) is 10.5. The van der Waals surface area contributed by atoms with Crippen molar-refractivity contribution < 1.29 is 27.5 Å². The first kappa shape index (κ1) is 16.0. The largest absolute Gasteiger partial charge is 0.578 e. The van der Waals surface area contributed by atoms with Crippen LogP contribution in [-0.4, -0.2) is 70.5 Å². The number of hydrogen-bond donors (Lipinski definition) is 0. The van der Waals surface area contributed by atoms with Gasteiger partial charge in [0, 0.05) is 21.3 Å². The maximum absolute atomic E-state index is 5.40. The predicted octanol–water partition coefficient (Wildman–Crippen LogP) is -0.0397. The minimum Gasteiger partial charge on any atom is -0.382 e. The van der Waals surface area contributed by atoms with E-state index in [1.807, 2.05) is 0 Å². The van der Waals surface area contributed by atoms with Crippen LogP contribution < -0.4 is 0 Å². The van der Waals surface area contributed by atoms with Crippen molar-refractivity contribution in [3.05, 3.63) is 0 Å². The Kier molecular flexibility index (Phi) is 13.0.